The first-order chi connectivity index (χ1) is 12.0. The largest absolute Gasteiger partial charge is 0.356 e. The maximum Gasteiger partial charge on any atom is 0.191 e. The van der Waals surface area contributed by atoms with E-state index in [2.05, 4.69) is 76.7 Å². The topological polar surface area (TPSA) is 42.9 Å². The first kappa shape index (κ1) is 19.7. The summed E-state index contributed by atoms with van der Waals surface area (Å²) < 4.78 is 0. The summed E-state index contributed by atoms with van der Waals surface area (Å²) in [5, 5.41) is 6.93. The van der Waals surface area contributed by atoms with Crippen molar-refractivity contribution in [1.29, 1.82) is 0 Å². The lowest BCUT2D eigenvalue weighted by Crippen LogP contribution is -2.45. The minimum atomic E-state index is 0.0637. The summed E-state index contributed by atoms with van der Waals surface area (Å²) in [6, 6.07) is 10.6. The molecule has 25 heavy (non-hydrogen) atoms. The van der Waals surface area contributed by atoms with Crippen LogP contribution in [0.1, 0.15) is 25.8 Å². The molecule has 2 N–H and O–H groups in total. The molecule has 1 fully saturated rings. The van der Waals surface area contributed by atoms with E-state index < -0.39 is 0 Å². The number of aliphatic imine (C=N–C) groups is 1. The van der Waals surface area contributed by atoms with E-state index in [1.54, 1.807) is 0 Å². The van der Waals surface area contributed by atoms with Crippen LogP contribution in [0.15, 0.2) is 35.3 Å². The quantitative estimate of drug-likeness (QED) is 0.609. The SMILES string of the molecule is CN=C(NCCN1CCCN(C)CC1)NCC(C)(C)c1ccccc1. The van der Waals surface area contributed by atoms with Crippen LogP contribution in [0.4, 0.5) is 0 Å². The number of hydrogen-bond donors (Lipinski definition) is 2. The zero-order valence-electron chi connectivity index (χ0n) is 16.4. The van der Waals surface area contributed by atoms with Gasteiger partial charge in [-0.15, -0.1) is 0 Å². The molecule has 0 saturated carbocycles. The second kappa shape index (κ2) is 9.78. The number of hydrogen-bond acceptors (Lipinski definition) is 3. The zero-order valence-corrected chi connectivity index (χ0v) is 16.4. The second-order valence-electron chi connectivity index (χ2n) is 7.60. The summed E-state index contributed by atoms with van der Waals surface area (Å²) in [4.78, 5) is 9.32. The average molecular weight is 346 g/mol. The highest BCUT2D eigenvalue weighted by Gasteiger charge is 2.20. The monoisotopic (exact) mass is 345 g/mol. The van der Waals surface area contributed by atoms with Crippen molar-refractivity contribution in [3.05, 3.63) is 35.9 Å². The molecule has 5 heteroatoms. The number of nitrogens with zero attached hydrogens (tertiary/aromatic N) is 3. The van der Waals surface area contributed by atoms with E-state index >= 15 is 0 Å². The fourth-order valence-corrected chi connectivity index (χ4v) is 3.17. The van der Waals surface area contributed by atoms with Crippen molar-refractivity contribution >= 4 is 5.96 Å². The number of nitrogens with one attached hydrogen (secondary N) is 2. The molecule has 5 nitrogen and oxygen atoms in total. The molecule has 1 aromatic carbocycles. The van der Waals surface area contributed by atoms with Gasteiger partial charge in [0.15, 0.2) is 5.96 Å². The molecule has 0 radical (unpaired) electrons. The van der Waals surface area contributed by atoms with Crippen molar-refractivity contribution < 1.29 is 0 Å². The second-order valence-corrected chi connectivity index (χ2v) is 7.60. The maximum absolute atomic E-state index is 4.37. The fourth-order valence-electron chi connectivity index (χ4n) is 3.17. The van der Waals surface area contributed by atoms with Gasteiger partial charge in [-0.05, 0) is 32.1 Å². The molecule has 1 aromatic rings. The predicted octanol–water partition coefficient (Wildman–Crippen LogP) is 1.77. The lowest BCUT2D eigenvalue weighted by Gasteiger charge is -2.27. The molecule has 0 spiro atoms. The molecular formula is C20H35N5. The Morgan fingerprint density at radius 2 is 1.84 bits per heavy atom. The number of rotatable bonds is 6. The molecular weight excluding hydrogens is 310 g/mol. The molecule has 1 aliphatic rings. The zero-order chi connectivity index (χ0) is 18.1. The molecule has 0 aliphatic carbocycles. The maximum atomic E-state index is 4.37. The molecule has 0 amide bonds. The van der Waals surface area contributed by atoms with Gasteiger partial charge in [0.05, 0.1) is 0 Å². The van der Waals surface area contributed by atoms with Gasteiger partial charge >= 0.3 is 0 Å². The van der Waals surface area contributed by atoms with E-state index in [-0.39, 0.29) is 5.41 Å². The molecule has 1 heterocycles. The van der Waals surface area contributed by atoms with Gasteiger partial charge in [-0.1, -0.05) is 44.2 Å². The minimum absolute atomic E-state index is 0.0637. The van der Waals surface area contributed by atoms with Crippen LogP contribution in [0.5, 0.6) is 0 Å². The van der Waals surface area contributed by atoms with E-state index in [1.807, 2.05) is 7.05 Å². The molecule has 0 bridgehead atoms. The highest BCUT2D eigenvalue weighted by atomic mass is 15.2. The predicted molar refractivity (Wildman–Crippen MR) is 107 cm³/mol. The molecule has 0 unspecified atom stereocenters. The van der Waals surface area contributed by atoms with Crippen LogP contribution in [0.2, 0.25) is 0 Å². The van der Waals surface area contributed by atoms with Crippen LogP contribution in [0.25, 0.3) is 0 Å². The van der Waals surface area contributed by atoms with Gasteiger partial charge in [0.25, 0.3) is 0 Å². The van der Waals surface area contributed by atoms with E-state index in [0.717, 1.165) is 38.7 Å². The summed E-state index contributed by atoms with van der Waals surface area (Å²) >= 11 is 0. The van der Waals surface area contributed by atoms with Gasteiger partial charge in [-0.2, -0.15) is 0 Å². The van der Waals surface area contributed by atoms with Gasteiger partial charge in [-0.3, -0.25) is 4.99 Å². The highest BCUT2D eigenvalue weighted by molar-refractivity contribution is 5.79. The van der Waals surface area contributed by atoms with Crippen molar-refractivity contribution in [3.63, 3.8) is 0 Å². The Morgan fingerprint density at radius 1 is 1.08 bits per heavy atom. The number of guanidine groups is 1. The van der Waals surface area contributed by atoms with Crippen molar-refractivity contribution in [2.75, 3.05) is 59.9 Å². The Balaban J connectivity index is 1.73. The Hall–Kier alpha value is -1.59. The third kappa shape index (κ3) is 6.67. The Morgan fingerprint density at radius 3 is 2.56 bits per heavy atom. The summed E-state index contributed by atoms with van der Waals surface area (Å²) in [6.45, 7) is 12.1. The summed E-state index contributed by atoms with van der Waals surface area (Å²) in [6.07, 6.45) is 1.26. The van der Waals surface area contributed by atoms with Gasteiger partial charge in [0, 0.05) is 45.2 Å². The van der Waals surface area contributed by atoms with Crippen LogP contribution < -0.4 is 10.6 Å². The van der Waals surface area contributed by atoms with Gasteiger partial charge < -0.3 is 20.4 Å². The Bertz CT molecular complexity index is 526. The molecule has 2 rings (SSSR count). The van der Waals surface area contributed by atoms with Gasteiger partial charge in [0.1, 0.15) is 0 Å². The van der Waals surface area contributed by atoms with Crippen molar-refractivity contribution in [1.82, 2.24) is 20.4 Å². The number of benzene rings is 1. The Kier molecular flexibility index (Phi) is 7.72. The third-order valence-electron chi connectivity index (χ3n) is 5.01. The van der Waals surface area contributed by atoms with Crippen molar-refractivity contribution in [2.45, 2.75) is 25.7 Å². The van der Waals surface area contributed by atoms with Crippen LogP contribution in [0, 0.1) is 0 Å². The molecule has 140 valence electrons. The summed E-state index contributed by atoms with van der Waals surface area (Å²) in [7, 11) is 4.05. The van der Waals surface area contributed by atoms with Gasteiger partial charge in [0.2, 0.25) is 0 Å². The lowest BCUT2D eigenvalue weighted by atomic mass is 9.85. The van der Waals surface area contributed by atoms with Crippen LogP contribution in [-0.2, 0) is 5.41 Å². The van der Waals surface area contributed by atoms with Crippen LogP contribution >= 0.6 is 0 Å². The minimum Gasteiger partial charge on any atom is -0.356 e. The smallest absolute Gasteiger partial charge is 0.191 e. The highest BCUT2D eigenvalue weighted by Crippen LogP contribution is 2.21. The summed E-state index contributed by atoms with van der Waals surface area (Å²) in [5.41, 5.74) is 1.40. The number of likely N-dealkylation sites (N-methyl/N-ethyl adjacent to an activating group) is 1. The summed E-state index contributed by atoms with van der Waals surface area (Å²) in [5.74, 6) is 0.885. The lowest BCUT2D eigenvalue weighted by molar-refractivity contribution is 0.280. The molecule has 0 atom stereocenters. The normalized spacial score (nSPS) is 18.0. The first-order valence-corrected chi connectivity index (χ1v) is 9.42. The van der Waals surface area contributed by atoms with Crippen molar-refractivity contribution in [3.8, 4) is 0 Å². The van der Waals surface area contributed by atoms with E-state index in [4.69, 9.17) is 0 Å². The third-order valence-corrected chi connectivity index (χ3v) is 5.01. The molecule has 1 aliphatic heterocycles. The van der Waals surface area contributed by atoms with Crippen molar-refractivity contribution in [2.24, 2.45) is 4.99 Å². The Labute approximate surface area is 153 Å². The van der Waals surface area contributed by atoms with E-state index in [0.29, 0.717) is 0 Å². The van der Waals surface area contributed by atoms with Gasteiger partial charge in [-0.25, -0.2) is 0 Å². The first-order valence-electron chi connectivity index (χ1n) is 9.42. The van der Waals surface area contributed by atoms with Crippen LogP contribution in [-0.4, -0.2) is 75.7 Å². The van der Waals surface area contributed by atoms with E-state index in [1.165, 1.54) is 25.1 Å². The average Bonchev–Trinajstić information content (AvgIpc) is 2.83. The van der Waals surface area contributed by atoms with Crippen LogP contribution in [0.3, 0.4) is 0 Å². The molecule has 0 aromatic heterocycles. The van der Waals surface area contributed by atoms with E-state index in [9.17, 15) is 0 Å². The fraction of sp³-hybridized carbons (Fsp3) is 0.650. The molecule has 1 saturated heterocycles. The standard InChI is InChI=1S/C20H35N5/c1-20(2,18-9-6-5-7-10-18)17-23-19(21-3)22-11-14-25-13-8-12-24(4)15-16-25/h5-7,9-10H,8,11-17H2,1-4H3,(H2,21,22,23).